The third-order valence-electron chi connectivity index (χ3n) is 2.20. The van der Waals surface area contributed by atoms with Gasteiger partial charge in [-0.2, -0.15) is 0 Å². The lowest BCUT2D eigenvalue weighted by Crippen LogP contribution is -2.00. The van der Waals surface area contributed by atoms with Gasteiger partial charge in [-0.05, 0) is 24.3 Å². The molecule has 2 aromatic rings. The van der Waals surface area contributed by atoms with Gasteiger partial charge in [0.2, 0.25) is 0 Å². The standard InChI is InChI=1S/C12H13ClN2OS/c13-9-1-3-10(4-2-9)16-6-5-12-15-8-11(7-14)17-12/h1-4,8H,5-7,14H2. The van der Waals surface area contributed by atoms with Crippen LogP contribution in [0.1, 0.15) is 9.88 Å². The molecule has 1 aromatic heterocycles. The summed E-state index contributed by atoms with van der Waals surface area (Å²) in [6.07, 6.45) is 2.62. The summed E-state index contributed by atoms with van der Waals surface area (Å²) < 4.78 is 5.58. The number of rotatable bonds is 5. The van der Waals surface area contributed by atoms with E-state index in [1.54, 1.807) is 11.3 Å². The van der Waals surface area contributed by atoms with Crippen LogP contribution in [-0.4, -0.2) is 11.6 Å². The molecule has 0 aliphatic carbocycles. The molecule has 0 fully saturated rings. The van der Waals surface area contributed by atoms with Gasteiger partial charge in [0.15, 0.2) is 0 Å². The Balaban J connectivity index is 1.81. The lowest BCUT2D eigenvalue weighted by atomic mass is 10.3. The predicted molar refractivity (Wildman–Crippen MR) is 70.7 cm³/mol. The number of halogens is 1. The number of ether oxygens (including phenoxy) is 1. The third kappa shape index (κ3) is 3.70. The third-order valence-corrected chi connectivity index (χ3v) is 3.53. The number of nitrogens with two attached hydrogens (primary N) is 1. The zero-order valence-corrected chi connectivity index (χ0v) is 10.8. The van der Waals surface area contributed by atoms with E-state index in [0.29, 0.717) is 18.2 Å². The molecule has 0 aliphatic rings. The van der Waals surface area contributed by atoms with Gasteiger partial charge < -0.3 is 10.5 Å². The topological polar surface area (TPSA) is 48.1 Å². The lowest BCUT2D eigenvalue weighted by molar-refractivity contribution is 0.322. The molecule has 0 spiro atoms. The zero-order chi connectivity index (χ0) is 12.1. The van der Waals surface area contributed by atoms with E-state index in [1.807, 2.05) is 30.5 Å². The summed E-state index contributed by atoms with van der Waals surface area (Å²) in [6.45, 7) is 1.16. The highest BCUT2D eigenvalue weighted by atomic mass is 35.5. The molecule has 0 bridgehead atoms. The quantitative estimate of drug-likeness (QED) is 0.907. The lowest BCUT2D eigenvalue weighted by Gasteiger charge is -2.04. The second-order valence-electron chi connectivity index (χ2n) is 3.48. The summed E-state index contributed by atoms with van der Waals surface area (Å²) in [5.74, 6) is 0.824. The molecule has 0 atom stereocenters. The maximum Gasteiger partial charge on any atom is 0.119 e. The van der Waals surface area contributed by atoms with E-state index in [1.165, 1.54) is 0 Å². The molecule has 5 heteroatoms. The fraction of sp³-hybridized carbons (Fsp3) is 0.250. The Bertz CT molecular complexity index is 470. The largest absolute Gasteiger partial charge is 0.493 e. The van der Waals surface area contributed by atoms with Crippen LogP contribution in [0.5, 0.6) is 5.75 Å². The monoisotopic (exact) mass is 268 g/mol. The Kier molecular flexibility index (Phi) is 4.36. The molecule has 0 aliphatic heterocycles. The molecule has 0 radical (unpaired) electrons. The van der Waals surface area contributed by atoms with E-state index in [4.69, 9.17) is 22.1 Å². The fourth-order valence-electron chi connectivity index (χ4n) is 1.34. The van der Waals surface area contributed by atoms with Gasteiger partial charge in [0.1, 0.15) is 5.75 Å². The predicted octanol–water partition coefficient (Wildman–Crippen LogP) is 2.88. The maximum atomic E-state index is 5.78. The highest BCUT2D eigenvalue weighted by molar-refractivity contribution is 7.11. The van der Waals surface area contributed by atoms with Crippen molar-refractivity contribution >= 4 is 22.9 Å². The maximum absolute atomic E-state index is 5.78. The van der Waals surface area contributed by atoms with Crippen molar-refractivity contribution < 1.29 is 4.74 Å². The van der Waals surface area contributed by atoms with Gasteiger partial charge in [-0.15, -0.1) is 11.3 Å². The summed E-state index contributed by atoms with van der Waals surface area (Å²) in [4.78, 5) is 5.37. The summed E-state index contributed by atoms with van der Waals surface area (Å²) in [5.41, 5.74) is 5.52. The van der Waals surface area contributed by atoms with Crippen LogP contribution in [0.25, 0.3) is 0 Å². The molecular weight excluding hydrogens is 256 g/mol. The van der Waals surface area contributed by atoms with Crippen LogP contribution in [-0.2, 0) is 13.0 Å². The van der Waals surface area contributed by atoms with Crippen molar-refractivity contribution in [3.05, 3.63) is 45.4 Å². The van der Waals surface area contributed by atoms with E-state index in [0.717, 1.165) is 22.1 Å². The molecule has 17 heavy (non-hydrogen) atoms. The molecule has 0 amide bonds. The molecule has 90 valence electrons. The van der Waals surface area contributed by atoms with Crippen molar-refractivity contribution in [1.29, 1.82) is 0 Å². The molecular formula is C12H13ClN2OS. The number of benzene rings is 1. The Morgan fingerprint density at radius 3 is 2.71 bits per heavy atom. The minimum Gasteiger partial charge on any atom is -0.493 e. The van der Waals surface area contributed by atoms with Crippen LogP contribution in [0.3, 0.4) is 0 Å². The van der Waals surface area contributed by atoms with Crippen molar-refractivity contribution in [2.24, 2.45) is 5.73 Å². The Labute approximate surface area is 109 Å². The van der Waals surface area contributed by atoms with Crippen molar-refractivity contribution in [3.63, 3.8) is 0 Å². The molecule has 1 aromatic carbocycles. The number of nitrogens with zero attached hydrogens (tertiary/aromatic N) is 1. The van der Waals surface area contributed by atoms with Gasteiger partial charge >= 0.3 is 0 Å². The van der Waals surface area contributed by atoms with Crippen LogP contribution >= 0.6 is 22.9 Å². The molecule has 0 saturated carbocycles. The SMILES string of the molecule is NCc1cnc(CCOc2ccc(Cl)cc2)s1. The summed E-state index contributed by atoms with van der Waals surface area (Å²) in [6, 6.07) is 7.34. The number of thiazole rings is 1. The van der Waals surface area contributed by atoms with Crippen LogP contribution in [0, 0.1) is 0 Å². The van der Waals surface area contributed by atoms with E-state index in [2.05, 4.69) is 4.98 Å². The number of aromatic nitrogens is 1. The minimum atomic E-state index is 0.551. The molecule has 0 unspecified atom stereocenters. The minimum absolute atomic E-state index is 0.551. The molecule has 1 heterocycles. The van der Waals surface area contributed by atoms with Crippen LogP contribution < -0.4 is 10.5 Å². The first-order valence-corrected chi connectivity index (χ1v) is 6.49. The Morgan fingerprint density at radius 2 is 2.06 bits per heavy atom. The van der Waals surface area contributed by atoms with E-state index < -0.39 is 0 Å². The first-order valence-electron chi connectivity index (χ1n) is 5.30. The van der Waals surface area contributed by atoms with Gasteiger partial charge in [-0.1, -0.05) is 11.6 Å². The highest BCUT2D eigenvalue weighted by Crippen LogP contribution is 2.17. The molecule has 2 rings (SSSR count). The summed E-state index contributed by atoms with van der Waals surface area (Å²) >= 11 is 7.42. The van der Waals surface area contributed by atoms with Gasteiger partial charge in [0, 0.05) is 29.1 Å². The molecule has 0 saturated heterocycles. The van der Waals surface area contributed by atoms with Crippen molar-refractivity contribution in [2.45, 2.75) is 13.0 Å². The average molecular weight is 269 g/mol. The van der Waals surface area contributed by atoms with Gasteiger partial charge in [-0.25, -0.2) is 4.98 Å². The van der Waals surface area contributed by atoms with E-state index in [9.17, 15) is 0 Å². The number of hydrogen-bond acceptors (Lipinski definition) is 4. The van der Waals surface area contributed by atoms with Crippen LogP contribution in [0.2, 0.25) is 5.02 Å². The zero-order valence-electron chi connectivity index (χ0n) is 9.23. The highest BCUT2D eigenvalue weighted by Gasteiger charge is 2.01. The number of hydrogen-bond donors (Lipinski definition) is 1. The summed E-state index contributed by atoms with van der Waals surface area (Å²) in [7, 11) is 0. The van der Waals surface area contributed by atoms with Crippen molar-refractivity contribution in [1.82, 2.24) is 4.98 Å². The van der Waals surface area contributed by atoms with Crippen LogP contribution in [0.4, 0.5) is 0 Å². The van der Waals surface area contributed by atoms with Crippen molar-refractivity contribution in [3.8, 4) is 5.75 Å². The van der Waals surface area contributed by atoms with Gasteiger partial charge in [0.05, 0.1) is 11.6 Å². The van der Waals surface area contributed by atoms with Crippen molar-refractivity contribution in [2.75, 3.05) is 6.61 Å². The normalized spacial score (nSPS) is 10.5. The van der Waals surface area contributed by atoms with E-state index in [-0.39, 0.29) is 0 Å². The fourth-order valence-corrected chi connectivity index (χ4v) is 2.25. The Morgan fingerprint density at radius 1 is 1.29 bits per heavy atom. The second-order valence-corrected chi connectivity index (χ2v) is 5.11. The van der Waals surface area contributed by atoms with Crippen LogP contribution in [0.15, 0.2) is 30.5 Å². The Hall–Kier alpha value is -1.10. The second kappa shape index (κ2) is 6.00. The first kappa shape index (κ1) is 12.4. The molecule has 3 nitrogen and oxygen atoms in total. The average Bonchev–Trinajstić information content (AvgIpc) is 2.80. The van der Waals surface area contributed by atoms with Gasteiger partial charge in [0.25, 0.3) is 0 Å². The van der Waals surface area contributed by atoms with Gasteiger partial charge in [-0.3, -0.25) is 0 Å². The summed E-state index contributed by atoms with van der Waals surface area (Å²) in [5, 5.41) is 1.77. The van der Waals surface area contributed by atoms with E-state index >= 15 is 0 Å². The first-order chi connectivity index (χ1) is 8.28. The molecule has 2 N–H and O–H groups in total. The smallest absolute Gasteiger partial charge is 0.119 e.